The van der Waals surface area contributed by atoms with E-state index in [0.29, 0.717) is 12.5 Å². The maximum absolute atomic E-state index is 13.6. The van der Waals surface area contributed by atoms with Gasteiger partial charge in [-0.1, -0.05) is 0 Å². The minimum absolute atomic E-state index is 0.0350. The molecule has 2 aromatic rings. The third-order valence-corrected chi connectivity index (χ3v) is 4.55. The van der Waals surface area contributed by atoms with Gasteiger partial charge in [-0.15, -0.1) is 0 Å². The summed E-state index contributed by atoms with van der Waals surface area (Å²) in [5.41, 5.74) is 9.42. The molecule has 2 nitrogen and oxygen atoms in total. The lowest BCUT2D eigenvalue weighted by Crippen LogP contribution is -2.27. The quantitative estimate of drug-likeness (QED) is 0.875. The first-order valence-electron chi connectivity index (χ1n) is 7.45. The normalized spacial score (nSPS) is 16.0. The van der Waals surface area contributed by atoms with Crippen LogP contribution in [0.3, 0.4) is 0 Å². The van der Waals surface area contributed by atoms with Gasteiger partial charge in [-0.05, 0) is 72.3 Å². The number of halogens is 1. The molecule has 0 bridgehead atoms. The summed E-state index contributed by atoms with van der Waals surface area (Å²) in [7, 11) is 0. The first kappa shape index (κ1) is 14.5. The van der Waals surface area contributed by atoms with Gasteiger partial charge in [-0.2, -0.15) is 11.3 Å². The van der Waals surface area contributed by atoms with Crippen molar-refractivity contribution in [2.75, 3.05) is 4.90 Å². The Kier molecular flexibility index (Phi) is 4.27. The minimum Gasteiger partial charge on any atom is -0.364 e. The van der Waals surface area contributed by atoms with Crippen LogP contribution in [-0.4, -0.2) is 12.1 Å². The molecule has 2 N–H and O–H groups in total. The van der Waals surface area contributed by atoms with E-state index in [1.807, 2.05) is 13.0 Å². The number of benzene rings is 1. The maximum atomic E-state index is 13.6. The second-order valence-electron chi connectivity index (χ2n) is 5.95. The van der Waals surface area contributed by atoms with E-state index in [4.69, 9.17) is 5.73 Å². The number of nitrogens with zero attached hydrogens (tertiary/aromatic N) is 1. The van der Waals surface area contributed by atoms with Gasteiger partial charge in [0.2, 0.25) is 0 Å². The second-order valence-corrected chi connectivity index (χ2v) is 6.73. The molecule has 1 unspecified atom stereocenters. The van der Waals surface area contributed by atoms with Crippen LogP contribution in [0.15, 0.2) is 35.0 Å². The van der Waals surface area contributed by atoms with Crippen LogP contribution in [-0.2, 0) is 13.0 Å². The van der Waals surface area contributed by atoms with E-state index in [2.05, 4.69) is 21.7 Å². The zero-order valence-corrected chi connectivity index (χ0v) is 13.1. The molecule has 0 saturated heterocycles. The molecule has 1 heterocycles. The maximum Gasteiger partial charge on any atom is 0.123 e. The fourth-order valence-corrected chi connectivity index (χ4v) is 3.38. The fraction of sp³-hybridized carbons (Fsp3) is 0.412. The molecule has 1 fully saturated rings. The highest BCUT2D eigenvalue weighted by Crippen LogP contribution is 2.35. The first-order valence-corrected chi connectivity index (χ1v) is 8.39. The van der Waals surface area contributed by atoms with Gasteiger partial charge in [0, 0.05) is 24.3 Å². The van der Waals surface area contributed by atoms with E-state index in [-0.39, 0.29) is 11.9 Å². The lowest BCUT2D eigenvalue weighted by molar-refractivity contribution is 0.621. The molecule has 3 rings (SSSR count). The van der Waals surface area contributed by atoms with Gasteiger partial charge in [-0.3, -0.25) is 0 Å². The SMILES string of the molecule is CC(N)Cc1cc(F)ccc1N(Cc1ccsc1)C1CC1. The molecule has 0 amide bonds. The highest BCUT2D eigenvalue weighted by atomic mass is 32.1. The van der Waals surface area contributed by atoms with Crippen molar-refractivity contribution < 1.29 is 4.39 Å². The average Bonchev–Trinajstić information content (AvgIpc) is 3.14. The van der Waals surface area contributed by atoms with Crippen molar-refractivity contribution in [3.05, 3.63) is 52.0 Å². The third-order valence-electron chi connectivity index (χ3n) is 3.81. The van der Waals surface area contributed by atoms with Crippen LogP contribution in [0.5, 0.6) is 0 Å². The Morgan fingerprint density at radius 2 is 2.19 bits per heavy atom. The predicted molar refractivity (Wildman–Crippen MR) is 87.3 cm³/mol. The molecule has 0 aliphatic heterocycles. The lowest BCUT2D eigenvalue weighted by atomic mass is 10.0. The monoisotopic (exact) mass is 304 g/mol. The Hall–Kier alpha value is -1.39. The van der Waals surface area contributed by atoms with E-state index in [1.165, 1.54) is 18.4 Å². The van der Waals surface area contributed by atoms with Crippen LogP contribution in [0.1, 0.15) is 30.9 Å². The van der Waals surface area contributed by atoms with Gasteiger partial charge >= 0.3 is 0 Å². The largest absolute Gasteiger partial charge is 0.364 e. The molecule has 1 saturated carbocycles. The smallest absolute Gasteiger partial charge is 0.123 e. The summed E-state index contributed by atoms with van der Waals surface area (Å²) < 4.78 is 13.6. The zero-order valence-electron chi connectivity index (χ0n) is 12.3. The van der Waals surface area contributed by atoms with Crippen LogP contribution in [0.2, 0.25) is 0 Å². The van der Waals surface area contributed by atoms with Crippen molar-refractivity contribution in [3.8, 4) is 0 Å². The Morgan fingerprint density at radius 3 is 2.81 bits per heavy atom. The van der Waals surface area contributed by atoms with Crippen molar-refractivity contribution in [1.82, 2.24) is 0 Å². The number of nitrogens with two attached hydrogens (primary N) is 1. The predicted octanol–water partition coefficient (Wildman–Crippen LogP) is 3.95. The van der Waals surface area contributed by atoms with E-state index in [1.54, 1.807) is 23.5 Å². The number of hydrogen-bond acceptors (Lipinski definition) is 3. The second kappa shape index (κ2) is 6.16. The van der Waals surface area contributed by atoms with E-state index in [0.717, 1.165) is 17.8 Å². The molecule has 1 aliphatic carbocycles. The Balaban J connectivity index is 1.91. The van der Waals surface area contributed by atoms with Crippen molar-refractivity contribution in [2.45, 2.75) is 44.8 Å². The molecular formula is C17H21FN2S. The molecule has 1 aromatic carbocycles. The van der Waals surface area contributed by atoms with E-state index >= 15 is 0 Å². The standard InChI is InChI=1S/C17H21FN2S/c1-12(19)8-14-9-15(18)2-5-17(14)20(16-3-4-16)10-13-6-7-21-11-13/h2,5-7,9,11-12,16H,3-4,8,10,19H2,1H3. The molecular weight excluding hydrogens is 283 g/mol. The summed E-state index contributed by atoms with van der Waals surface area (Å²) in [6.07, 6.45) is 3.15. The van der Waals surface area contributed by atoms with Crippen LogP contribution in [0.25, 0.3) is 0 Å². The number of hydrogen-bond donors (Lipinski definition) is 1. The molecule has 0 spiro atoms. The summed E-state index contributed by atoms with van der Waals surface area (Å²) >= 11 is 1.72. The molecule has 1 aliphatic rings. The van der Waals surface area contributed by atoms with Gasteiger partial charge in [0.15, 0.2) is 0 Å². The van der Waals surface area contributed by atoms with Crippen molar-refractivity contribution >= 4 is 17.0 Å². The van der Waals surface area contributed by atoms with Gasteiger partial charge in [0.1, 0.15) is 5.82 Å². The summed E-state index contributed by atoms with van der Waals surface area (Å²) in [5.74, 6) is -0.180. The Labute approximate surface area is 129 Å². The molecule has 4 heteroatoms. The summed E-state index contributed by atoms with van der Waals surface area (Å²) in [6.45, 7) is 2.86. The van der Waals surface area contributed by atoms with Crippen LogP contribution >= 0.6 is 11.3 Å². The van der Waals surface area contributed by atoms with Crippen LogP contribution in [0, 0.1) is 5.82 Å². The average molecular weight is 304 g/mol. The van der Waals surface area contributed by atoms with Crippen LogP contribution in [0.4, 0.5) is 10.1 Å². The van der Waals surface area contributed by atoms with E-state index < -0.39 is 0 Å². The van der Waals surface area contributed by atoms with E-state index in [9.17, 15) is 4.39 Å². The topological polar surface area (TPSA) is 29.3 Å². The minimum atomic E-state index is -0.180. The number of thiophene rings is 1. The Morgan fingerprint density at radius 1 is 1.38 bits per heavy atom. The molecule has 1 aromatic heterocycles. The summed E-state index contributed by atoms with van der Waals surface area (Å²) in [6, 6.07) is 7.90. The fourth-order valence-electron chi connectivity index (χ4n) is 2.72. The van der Waals surface area contributed by atoms with Gasteiger partial charge in [0.05, 0.1) is 0 Å². The summed E-state index contributed by atoms with van der Waals surface area (Å²) in [4.78, 5) is 2.42. The molecule has 1 atom stereocenters. The number of anilines is 1. The van der Waals surface area contributed by atoms with Gasteiger partial charge < -0.3 is 10.6 Å². The molecule has 112 valence electrons. The van der Waals surface area contributed by atoms with Crippen LogP contribution < -0.4 is 10.6 Å². The lowest BCUT2D eigenvalue weighted by Gasteiger charge is -2.27. The van der Waals surface area contributed by atoms with Crippen molar-refractivity contribution in [2.24, 2.45) is 5.73 Å². The summed E-state index contributed by atoms with van der Waals surface area (Å²) in [5, 5.41) is 4.29. The molecule has 21 heavy (non-hydrogen) atoms. The van der Waals surface area contributed by atoms with Gasteiger partial charge in [0.25, 0.3) is 0 Å². The van der Waals surface area contributed by atoms with Crippen molar-refractivity contribution in [1.29, 1.82) is 0 Å². The third kappa shape index (κ3) is 3.63. The number of rotatable bonds is 6. The highest BCUT2D eigenvalue weighted by molar-refractivity contribution is 7.07. The Bertz CT molecular complexity index is 591. The van der Waals surface area contributed by atoms with Crippen molar-refractivity contribution in [3.63, 3.8) is 0 Å². The first-order chi connectivity index (χ1) is 10.1. The van der Waals surface area contributed by atoms with Gasteiger partial charge in [-0.25, -0.2) is 4.39 Å². The zero-order chi connectivity index (χ0) is 14.8. The highest BCUT2D eigenvalue weighted by Gasteiger charge is 2.30. The molecule has 0 radical (unpaired) electrons.